The van der Waals surface area contributed by atoms with E-state index >= 15 is 0 Å². The predicted octanol–water partition coefficient (Wildman–Crippen LogP) is 2.33. The summed E-state index contributed by atoms with van der Waals surface area (Å²) in [5, 5.41) is 0. The first kappa shape index (κ1) is 12.9. The number of fused-ring (bicyclic) bond motifs is 1. The van der Waals surface area contributed by atoms with Crippen molar-refractivity contribution in [1.82, 2.24) is 4.90 Å². The molecular formula is C14H19NO3. The number of hydrogen-bond donors (Lipinski definition) is 0. The van der Waals surface area contributed by atoms with Crippen LogP contribution < -0.4 is 9.47 Å². The Kier molecular flexibility index (Phi) is 3.87. The van der Waals surface area contributed by atoms with Gasteiger partial charge in [0.15, 0.2) is 17.3 Å². The first-order chi connectivity index (χ1) is 8.67. The third-order valence-corrected chi connectivity index (χ3v) is 3.40. The summed E-state index contributed by atoms with van der Waals surface area (Å²) in [7, 11) is 0. The number of ether oxygens (including phenoxy) is 2. The van der Waals surface area contributed by atoms with Crippen LogP contribution in [-0.4, -0.2) is 36.6 Å². The van der Waals surface area contributed by atoms with Gasteiger partial charge in [0, 0.05) is 5.56 Å². The van der Waals surface area contributed by atoms with E-state index in [9.17, 15) is 4.79 Å². The fourth-order valence-electron chi connectivity index (χ4n) is 2.23. The van der Waals surface area contributed by atoms with Crippen LogP contribution in [0.1, 0.15) is 31.1 Å². The lowest BCUT2D eigenvalue weighted by molar-refractivity contribution is 0.0851. The standard InChI is InChI=1S/C14H19NO3/c1-4-15(5-2)10(3)14(16)11-6-7-12-13(8-11)18-9-17-12/h6-8,10H,4-5,9H2,1-3H3. The van der Waals surface area contributed by atoms with Gasteiger partial charge in [-0.2, -0.15) is 0 Å². The van der Waals surface area contributed by atoms with Crippen molar-refractivity contribution in [2.24, 2.45) is 0 Å². The molecule has 1 aromatic rings. The SMILES string of the molecule is CCN(CC)C(C)C(=O)c1ccc2c(c1)OCO2. The molecule has 0 fully saturated rings. The van der Waals surface area contributed by atoms with Crippen molar-refractivity contribution < 1.29 is 14.3 Å². The van der Waals surface area contributed by atoms with Crippen LogP contribution >= 0.6 is 0 Å². The van der Waals surface area contributed by atoms with Gasteiger partial charge in [0.05, 0.1) is 6.04 Å². The number of rotatable bonds is 5. The first-order valence-electron chi connectivity index (χ1n) is 6.35. The minimum atomic E-state index is -0.111. The lowest BCUT2D eigenvalue weighted by Crippen LogP contribution is -2.38. The van der Waals surface area contributed by atoms with Crippen molar-refractivity contribution >= 4 is 5.78 Å². The van der Waals surface area contributed by atoms with Gasteiger partial charge in [0.2, 0.25) is 6.79 Å². The van der Waals surface area contributed by atoms with E-state index in [1.807, 2.05) is 6.92 Å². The van der Waals surface area contributed by atoms with Crippen molar-refractivity contribution in [1.29, 1.82) is 0 Å². The maximum atomic E-state index is 12.4. The Morgan fingerprint density at radius 3 is 2.61 bits per heavy atom. The second-order valence-electron chi connectivity index (χ2n) is 4.33. The third kappa shape index (κ3) is 2.34. The van der Waals surface area contributed by atoms with Crippen LogP contribution in [0.25, 0.3) is 0 Å². The van der Waals surface area contributed by atoms with Gasteiger partial charge in [-0.25, -0.2) is 0 Å². The molecule has 1 aliphatic heterocycles. The average molecular weight is 249 g/mol. The smallest absolute Gasteiger partial charge is 0.231 e. The minimum Gasteiger partial charge on any atom is -0.454 e. The molecule has 1 atom stereocenters. The van der Waals surface area contributed by atoms with Crippen LogP contribution in [-0.2, 0) is 0 Å². The molecule has 4 nitrogen and oxygen atoms in total. The zero-order valence-corrected chi connectivity index (χ0v) is 11.1. The van der Waals surface area contributed by atoms with Gasteiger partial charge in [-0.1, -0.05) is 13.8 Å². The summed E-state index contributed by atoms with van der Waals surface area (Å²) in [5.74, 6) is 1.49. The van der Waals surface area contributed by atoms with Gasteiger partial charge in [0.1, 0.15) is 0 Å². The number of hydrogen-bond acceptors (Lipinski definition) is 4. The number of nitrogens with zero attached hydrogens (tertiary/aromatic N) is 1. The quantitative estimate of drug-likeness (QED) is 0.751. The lowest BCUT2D eigenvalue weighted by atomic mass is 10.0. The lowest BCUT2D eigenvalue weighted by Gasteiger charge is -2.25. The van der Waals surface area contributed by atoms with Crippen molar-refractivity contribution in [3.63, 3.8) is 0 Å². The molecular weight excluding hydrogens is 230 g/mol. The Morgan fingerprint density at radius 2 is 1.94 bits per heavy atom. The number of likely N-dealkylation sites (N-methyl/N-ethyl adjacent to an activating group) is 1. The average Bonchev–Trinajstić information content (AvgIpc) is 2.86. The molecule has 18 heavy (non-hydrogen) atoms. The van der Waals surface area contributed by atoms with Crippen molar-refractivity contribution in [3.8, 4) is 11.5 Å². The summed E-state index contributed by atoms with van der Waals surface area (Å²) in [6, 6.07) is 5.26. The number of ketones is 1. The fourth-order valence-corrected chi connectivity index (χ4v) is 2.23. The molecule has 0 aromatic heterocycles. The monoisotopic (exact) mass is 249 g/mol. The van der Waals surface area contributed by atoms with E-state index in [1.54, 1.807) is 18.2 Å². The zero-order valence-electron chi connectivity index (χ0n) is 11.1. The first-order valence-corrected chi connectivity index (χ1v) is 6.35. The topological polar surface area (TPSA) is 38.8 Å². The summed E-state index contributed by atoms with van der Waals surface area (Å²) in [6.07, 6.45) is 0. The highest BCUT2D eigenvalue weighted by molar-refractivity contribution is 6.00. The zero-order chi connectivity index (χ0) is 13.1. The number of carbonyl (C=O) groups excluding carboxylic acids is 1. The number of Topliss-reactive ketones (excluding diaryl/α,β-unsaturated/α-hetero) is 1. The van der Waals surface area contributed by atoms with Crippen molar-refractivity contribution in [2.45, 2.75) is 26.8 Å². The van der Waals surface area contributed by atoms with Crippen molar-refractivity contribution in [3.05, 3.63) is 23.8 Å². The van der Waals surface area contributed by atoms with Gasteiger partial charge in [0.25, 0.3) is 0 Å². The summed E-state index contributed by atoms with van der Waals surface area (Å²) < 4.78 is 10.5. The molecule has 0 radical (unpaired) electrons. The van der Waals surface area contributed by atoms with Gasteiger partial charge in [-0.3, -0.25) is 9.69 Å². The minimum absolute atomic E-state index is 0.111. The molecule has 0 N–H and O–H groups in total. The molecule has 0 bridgehead atoms. The van der Waals surface area contributed by atoms with Gasteiger partial charge < -0.3 is 9.47 Å². The largest absolute Gasteiger partial charge is 0.454 e. The molecule has 1 unspecified atom stereocenters. The molecule has 0 saturated carbocycles. The molecule has 0 amide bonds. The highest BCUT2D eigenvalue weighted by atomic mass is 16.7. The highest BCUT2D eigenvalue weighted by Crippen LogP contribution is 2.32. The Bertz CT molecular complexity index is 441. The molecule has 2 rings (SSSR count). The van der Waals surface area contributed by atoms with Gasteiger partial charge >= 0.3 is 0 Å². The predicted molar refractivity (Wildman–Crippen MR) is 69.3 cm³/mol. The number of carbonyl (C=O) groups is 1. The van der Waals surface area contributed by atoms with Crippen LogP contribution in [0.5, 0.6) is 11.5 Å². The molecule has 98 valence electrons. The van der Waals surface area contributed by atoms with Gasteiger partial charge in [-0.15, -0.1) is 0 Å². The molecule has 1 aliphatic rings. The summed E-state index contributed by atoms with van der Waals surface area (Å²) in [5.41, 5.74) is 0.679. The fraction of sp³-hybridized carbons (Fsp3) is 0.500. The van der Waals surface area contributed by atoms with E-state index in [4.69, 9.17) is 9.47 Å². The molecule has 0 aliphatic carbocycles. The van der Waals surface area contributed by atoms with E-state index in [2.05, 4.69) is 18.7 Å². The summed E-state index contributed by atoms with van der Waals surface area (Å²) >= 11 is 0. The molecule has 0 spiro atoms. The van der Waals surface area contributed by atoms with E-state index in [0.717, 1.165) is 13.1 Å². The van der Waals surface area contributed by atoms with Crippen LogP contribution in [0.4, 0.5) is 0 Å². The second kappa shape index (κ2) is 5.40. The van der Waals surface area contributed by atoms with Crippen molar-refractivity contribution in [2.75, 3.05) is 19.9 Å². The van der Waals surface area contributed by atoms with Gasteiger partial charge in [-0.05, 0) is 38.2 Å². The summed E-state index contributed by atoms with van der Waals surface area (Å²) in [4.78, 5) is 14.5. The Morgan fingerprint density at radius 1 is 1.28 bits per heavy atom. The molecule has 1 heterocycles. The highest BCUT2D eigenvalue weighted by Gasteiger charge is 2.22. The van der Waals surface area contributed by atoms with Crippen LogP contribution in [0.3, 0.4) is 0 Å². The molecule has 1 aromatic carbocycles. The number of benzene rings is 1. The normalized spacial score (nSPS) is 14.9. The maximum absolute atomic E-state index is 12.4. The van der Waals surface area contributed by atoms with Crippen LogP contribution in [0.15, 0.2) is 18.2 Å². The maximum Gasteiger partial charge on any atom is 0.231 e. The van der Waals surface area contributed by atoms with Crippen LogP contribution in [0, 0.1) is 0 Å². The third-order valence-electron chi connectivity index (χ3n) is 3.40. The summed E-state index contributed by atoms with van der Waals surface area (Å²) in [6.45, 7) is 8.04. The Labute approximate surface area is 107 Å². The van der Waals surface area contributed by atoms with E-state index in [0.29, 0.717) is 17.1 Å². The molecule has 4 heteroatoms. The second-order valence-corrected chi connectivity index (χ2v) is 4.33. The molecule has 0 saturated heterocycles. The van der Waals surface area contributed by atoms with E-state index < -0.39 is 0 Å². The Balaban J connectivity index is 2.18. The van der Waals surface area contributed by atoms with Crippen LogP contribution in [0.2, 0.25) is 0 Å². The van der Waals surface area contributed by atoms with E-state index in [-0.39, 0.29) is 18.6 Å². The van der Waals surface area contributed by atoms with E-state index in [1.165, 1.54) is 0 Å². The Hall–Kier alpha value is -1.55.